The molecular weight excluding hydrogens is 274 g/mol. The van der Waals surface area contributed by atoms with E-state index in [1.807, 2.05) is 37.3 Å². The standard InChI is InChI=1S/C15H14ClN3O/c1-2-19-14(12(16)9-18-19)15(20)11-5-3-7-13-10(11)6-4-8-17-13/h3-9,15,20H,2H2,1H3. The largest absolute Gasteiger partial charge is 0.382 e. The molecule has 0 spiro atoms. The number of fused-ring (bicyclic) bond motifs is 1. The molecule has 2 aromatic heterocycles. The Balaban J connectivity index is 2.17. The number of pyridine rings is 1. The first kappa shape index (κ1) is 13.1. The number of nitrogens with zero attached hydrogens (tertiary/aromatic N) is 3. The van der Waals surface area contributed by atoms with Crippen LogP contribution in [-0.4, -0.2) is 19.9 Å². The van der Waals surface area contributed by atoms with Gasteiger partial charge in [-0.2, -0.15) is 5.10 Å². The Labute approximate surface area is 121 Å². The molecule has 1 unspecified atom stereocenters. The van der Waals surface area contributed by atoms with Crippen LogP contribution in [0, 0.1) is 0 Å². The maximum Gasteiger partial charge on any atom is 0.123 e. The van der Waals surface area contributed by atoms with Crippen LogP contribution in [0.4, 0.5) is 0 Å². The molecule has 2 heterocycles. The molecule has 0 saturated heterocycles. The fourth-order valence-corrected chi connectivity index (χ4v) is 2.65. The van der Waals surface area contributed by atoms with Gasteiger partial charge in [0.2, 0.25) is 0 Å². The molecule has 1 atom stereocenters. The quantitative estimate of drug-likeness (QED) is 0.805. The summed E-state index contributed by atoms with van der Waals surface area (Å²) < 4.78 is 1.71. The second kappa shape index (κ2) is 5.23. The molecule has 0 radical (unpaired) electrons. The van der Waals surface area contributed by atoms with Crippen LogP contribution in [0.25, 0.3) is 10.9 Å². The zero-order valence-corrected chi connectivity index (χ0v) is 11.7. The Morgan fingerprint density at radius 1 is 1.30 bits per heavy atom. The lowest BCUT2D eigenvalue weighted by Crippen LogP contribution is -2.10. The Hall–Kier alpha value is -1.91. The van der Waals surface area contributed by atoms with E-state index in [9.17, 15) is 5.11 Å². The van der Waals surface area contributed by atoms with Crippen molar-refractivity contribution in [1.29, 1.82) is 0 Å². The lowest BCUT2D eigenvalue weighted by Gasteiger charge is -2.15. The number of benzene rings is 1. The van der Waals surface area contributed by atoms with E-state index >= 15 is 0 Å². The SMILES string of the molecule is CCn1ncc(Cl)c1C(O)c1cccc2ncccc12. The molecule has 1 N–H and O–H groups in total. The van der Waals surface area contributed by atoms with Gasteiger partial charge < -0.3 is 5.11 Å². The third kappa shape index (κ3) is 2.07. The summed E-state index contributed by atoms with van der Waals surface area (Å²) in [6, 6.07) is 9.50. The number of aliphatic hydroxyl groups is 1. The van der Waals surface area contributed by atoms with Crippen molar-refractivity contribution >= 4 is 22.5 Å². The van der Waals surface area contributed by atoms with Crippen molar-refractivity contribution < 1.29 is 5.11 Å². The molecule has 0 aliphatic heterocycles. The molecule has 0 saturated carbocycles. The van der Waals surface area contributed by atoms with Crippen molar-refractivity contribution in [3.63, 3.8) is 0 Å². The van der Waals surface area contributed by atoms with Gasteiger partial charge in [-0.25, -0.2) is 0 Å². The molecule has 0 fully saturated rings. The number of aryl methyl sites for hydroxylation is 1. The van der Waals surface area contributed by atoms with Gasteiger partial charge in [-0.15, -0.1) is 0 Å². The Bertz CT molecular complexity index is 748. The smallest absolute Gasteiger partial charge is 0.123 e. The molecule has 1 aromatic carbocycles. The number of aliphatic hydroxyl groups excluding tert-OH is 1. The molecule has 5 heteroatoms. The highest BCUT2D eigenvalue weighted by atomic mass is 35.5. The van der Waals surface area contributed by atoms with E-state index in [2.05, 4.69) is 10.1 Å². The summed E-state index contributed by atoms with van der Waals surface area (Å²) in [6.07, 6.45) is 2.48. The molecule has 102 valence electrons. The predicted octanol–water partition coefficient (Wildman–Crippen LogP) is 3.19. The van der Waals surface area contributed by atoms with E-state index < -0.39 is 6.10 Å². The third-order valence-electron chi connectivity index (χ3n) is 3.37. The van der Waals surface area contributed by atoms with Crippen molar-refractivity contribution in [3.05, 3.63) is 59.0 Å². The summed E-state index contributed by atoms with van der Waals surface area (Å²) in [7, 11) is 0. The fraction of sp³-hybridized carbons (Fsp3) is 0.200. The van der Waals surface area contributed by atoms with Crippen molar-refractivity contribution in [1.82, 2.24) is 14.8 Å². The molecule has 0 bridgehead atoms. The van der Waals surface area contributed by atoms with Gasteiger partial charge in [0, 0.05) is 18.1 Å². The van der Waals surface area contributed by atoms with Gasteiger partial charge in [-0.1, -0.05) is 29.8 Å². The van der Waals surface area contributed by atoms with Gasteiger partial charge in [0.1, 0.15) is 6.10 Å². The number of hydrogen-bond donors (Lipinski definition) is 1. The van der Waals surface area contributed by atoms with Crippen molar-refractivity contribution in [3.8, 4) is 0 Å². The first-order valence-electron chi connectivity index (χ1n) is 6.45. The van der Waals surface area contributed by atoms with E-state index in [4.69, 9.17) is 11.6 Å². The number of aromatic nitrogens is 3. The summed E-state index contributed by atoms with van der Waals surface area (Å²) in [6.45, 7) is 2.62. The lowest BCUT2D eigenvalue weighted by molar-refractivity contribution is 0.209. The highest BCUT2D eigenvalue weighted by molar-refractivity contribution is 6.31. The maximum absolute atomic E-state index is 10.7. The summed E-state index contributed by atoms with van der Waals surface area (Å²) >= 11 is 6.16. The minimum absolute atomic E-state index is 0.472. The molecule has 0 aliphatic carbocycles. The van der Waals surface area contributed by atoms with E-state index in [1.54, 1.807) is 17.1 Å². The van der Waals surface area contributed by atoms with Gasteiger partial charge >= 0.3 is 0 Å². The topological polar surface area (TPSA) is 50.9 Å². The predicted molar refractivity (Wildman–Crippen MR) is 78.7 cm³/mol. The normalized spacial score (nSPS) is 12.8. The first-order chi connectivity index (χ1) is 9.72. The molecule has 3 aromatic rings. The van der Waals surface area contributed by atoms with Gasteiger partial charge in [-0.3, -0.25) is 9.67 Å². The first-order valence-corrected chi connectivity index (χ1v) is 6.83. The zero-order chi connectivity index (χ0) is 14.1. The van der Waals surface area contributed by atoms with E-state index in [0.29, 0.717) is 17.3 Å². The average Bonchev–Trinajstić information content (AvgIpc) is 2.87. The molecule has 0 amide bonds. The van der Waals surface area contributed by atoms with Crippen molar-refractivity contribution in [2.75, 3.05) is 0 Å². The van der Waals surface area contributed by atoms with Gasteiger partial charge in [0.15, 0.2) is 0 Å². The van der Waals surface area contributed by atoms with E-state index in [-0.39, 0.29) is 0 Å². The Kier molecular flexibility index (Phi) is 3.42. The highest BCUT2D eigenvalue weighted by Gasteiger charge is 2.21. The molecular formula is C15H14ClN3O. The van der Waals surface area contributed by atoms with Crippen LogP contribution in [0.1, 0.15) is 24.3 Å². The van der Waals surface area contributed by atoms with Crippen LogP contribution in [0.2, 0.25) is 5.02 Å². The summed E-state index contributed by atoms with van der Waals surface area (Å²) in [4.78, 5) is 4.30. The minimum atomic E-state index is -0.821. The van der Waals surface area contributed by atoms with Gasteiger partial charge in [-0.05, 0) is 24.6 Å². The molecule has 3 rings (SSSR count). The number of hydrogen-bond acceptors (Lipinski definition) is 3. The van der Waals surface area contributed by atoms with Gasteiger partial charge in [0.25, 0.3) is 0 Å². The Morgan fingerprint density at radius 2 is 2.15 bits per heavy atom. The van der Waals surface area contributed by atoms with Crippen molar-refractivity contribution in [2.24, 2.45) is 0 Å². The summed E-state index contributed by atoms with van der Waals surface area (Å²) in [5, 5.41) is 16.3. The minimum Gasteiger partial charge on any atom is -0.382 e. The number of rotatable bonds is 3. The zero-order valence-electron chi connectivity index (χ0n) is 11.0. The average molecular weight is 288 g/mol. The van der Waals surface area contributed by atoms with Crippen LogP contribution in [0.3, 0.4) is 0 Å². The van der Waals surface area contributed by atoms with Gasteiger partial charge in [0.05, 0.1) is 22.4 Å². The summed E-state index contributed by atoms with van der Waals surface area (Å²) in [5.41, 5.74) is 2.25. The van der Waals surface area contributed by atoms with Crippen molar-refractivity contribution in [2.45, 2.75) is 19.6 Å². The summed E-state index contributed by atoms with van der Waals surface area (Å²) in [5.74, 6) is 0. The van der Waals surface area contributed by atoms with Crippen LogP contribution >= 0.6 is 11.6 Å². The Morgan fingerprint density at radius 3 is 2.95 bits per heavy atom. The maximum atomic E-state index is 10.7. The fourth-order valence-electron chi connectivity index (χ4n) is 2.41. The molecule has 4 nitrogen and oxygen atoms in total. The lowest BCUT2D eigenvalue weighted by atomic mass is 10.0. The van der Waals surface area contributed by atoms with Crippen LogP contribution in [0.5, 0.6) is 0 Å². The second-order valence-corrected chi connectivity index (χ2v) is 4.92. The van der Waals surface area contributed by atoms with Crippen LogP contribution in [-0.2, 0) is 6.54 Å². The molecule has 20 heavy (non-hydrogen) atoms. The highest BCUT2D eigenvalue weighted by Crippen LogP contribution is 2.31. The second-order valence-electron chi connectivity index (χ2n) is 4.51. The van der Waals surface area contributed by atoms with E-state index in [0.717, 1.165) is 16.5 Å². The number of halogens is 1. The third-order valence-corrected chi connectivity index (χ3v) is 3.66. The molecule has 0 aliphatic rings. The van der Waals surface area contributed by atoms with E-state index in [1.165, 1.54) is 0 Å². The monoisotopic (exact) mass is 287 g/mol. The van der Waals surface area contributed by atoms with Crippen LogP contribution < -0.4 is 0 Å². The van der Waals surface area contributed by atoms with Crippen LogP contribution in [0.15, 0.2) is 42.7 Å².